The first kappa shape index (κ1) is 34.7. The first-order valence-electron chi connectivity index (χ1n) is 15.7. The van der Waals surface area contributed by atoms with Gasteiger partial charge in [0.1, 0.15) is 0 Å². The summed E-state index contributed by atoms with van der Waals surface area (Å²) in [5, 5.41) is 0. The number of carbonyl (C=O) groups excluding carboxylic acids is 3. The van der Waals surface area contributed by atoms with Crippen LogP contribution in [0.3, 0.4) is 0 Å². The highest BCUT2D eigenvalue weighted by molar-refractivity contribution is 6.10. The largest absolute Gasteiger partial charge is 0.462 e. The van der Waals surface area contributed by atoms with Gasteiger partial charge in [-0.05, 0) is 31.4 Å². The fourth-order valence-corrected chi connectivity index (χ4v) is 4.48. The van der Waals surface area contributed by atoms with Gasteiger partial charge in [-0.3, -0.25) is 0 Å². The minimum Gasteiger partial charge on any atom is -0.462 e. The lowest BCUT2D eigenvalue weighted by Gasteiger charge is -2.14. The third-order valence-corrected chi connectivity index (χ3v) is 6.90. The topological polar surface area (TPSA) is 78.9 Å². The van der Waals surface area contributed by atoms with Crippen molar-refractivity contribution < 1.29 is 28.6 Å². The Bertz CT molecular complexity index is 755. The van der Waals surface area contributed by atoms with Gasteiger partial charge in [-0.2, -0.15) is 0 Å². The highest BCUT2D eigenvalue weighted by atomic mass is 16.5. The van der Waals surface area contributed by atoms with Gasteiger partial charge in [0.2, 0.25) is 0 Å². The second kappa shape index (κ2) is 23.5. The van der Waals surface area contributed by atoms with Crippen molar-refractivity contribution in [2.24, 2.45) is 0 Å². The Hall–Kier alpha value is -2.37. The van der Waals surface area contributed by atoms with E-state index in [1.165, 1.54) is 69.9 Å². The lowest BCUT2D eigenvalue weighted by Crippen LogP contribution is -2.20. The van der Waals surface area contributed by atoms with E-state index in [0.717, 1.165) is 57.8 Å². The quantitative estimate of drug-likeness (QED) is 0.0730. The normalized spacial score (nSPS) is 10.8. The summed E-state index contributed by atoms with van der Waals surface area (Å²) in [4.78, 5) is 39.1. The molecule has 39 heavy (non-hydrogen) atoms. The van der Waals surface area contributed by atoms with Gasteiger partial charge in [0.25, 0.3) is 0 Å². The molecule has 0 unspecified atom stereocenters. The molecule has 0 bridgehead atoms. The van der Waals surface area contributed by atoms with Crippen molar-refractivity contribution in [3.63, 3.8) is 0 Å². The van der Waals surface area contributed by atoms with Crippen LogP contribution in [0.5, 0.6) is 0 Å². The van der Waals surface area contributed by atoms with E-state index in [2.05, 4.69) is 20.8 Å². The summed E-state index contributed by atoms with van der Waals surface area (Å²) in [7, 11) is 0. The Balaban J connectivity index is 2.80. The van der Waals surface area contributed by atoms with Gasteiger partial charge in [0.15, 0.2) is 0 Å². The molecule has 0 aliphatic heterocycles. The zero-order chi connectivity index (χ0) is 28.6. The van der Waals surface area contributed by atoms with Crippen molar-refractivity contribution in [3.8, 4) is 0 Å². The van der Waals surface area contributed by atoms with Crippen molar-refractivity contribution in [3.05, 3.63) is 34.9 Å². The minimum atomic E-state index is -0.679. The van der Waals surface area contributed by atoms with Crippen LogP contribution in [0.1, 0.15) is 167 Å². The number of benzene rings is 1. The van der Waals surface area contributed by atoms with Gasteiger partial charge >= 0.3 is 17.9 Å². The molecule has 0 fully saturated rings. The van der Waals surface area contributed by atoms with Crippen LogP contribution in [-0.2, 0) is 14.2 Å². The summed E-state index contributed by atoms with van der Waals surface area (Å²) < 4.78 is 16.5. The number of esters is 3. The molecular weight excluding hydrogens is 492 g/mol. The SMILES string of the molecule is CCCCCCCCOC(=O)c1cccc(C(=O)OCCCCCCCC)c1C(=O)OCCCCCCCC. The smallest absolute Gasteiger partial charge is 0.339 e. The number of carbonyl (C=O) groups is 3. The molecule has 1 aromatic rings. The van der Waals surface area contributed by atoms with E-state index in [1.54, 1.807) is 6.07 Å². The number of hydrogen-bond donors (Lipinski definition) is 0. The van der Waals surface area contributed by atoms with E-state index in [0.29, 0.717) is 0 Å². The van der Waals surface area contributed by atoms with Crippen LogP contribution in [0.15, 0.2) is 18.2 Å². The molecule has 0 atom stereocenters. The van der Waals surface area contributed by atoms with E-state index in [1.807, 2.05) is 0 Å². The van der Waals surface area contributed by atoms with Crippen LogP contribution in [0, 0.1) is 0 Å². The van der Waals surface area contributed by atoms with Gasteiger partial charge in [0, 0.05) is 0 Å². The second-order valence-corrected chi connectivity index (χ2v) is 10.4. The zero-order valence-electron chi connectivity index (χ0n) is 25.0. The van der Waals surface area contributed by atoms with Gasteiger partial charge in [-0.15, -0.1) is 0 Å². The first-order chi connectivity index (χ1) is 19.1. The van der Waals surface area contributed by atoms with Crippen LogP contribution in [0.4, 0.5) is 0 Å². The van der Waals surface area contributed by atoms with Gasteiger partial charge in [-0.25, -0.2) is 14.4 Å². The highest BCUT2D eigenvalue weighted by Crippen LogP contribution is 2.20. The Morgan fingerprint density at radius 3 is 1.13 bits per heavy atom. The molecule has 0 aliphatic carbocycles. The highest BCUT2D eigenvalue weighted by Gasteiger charge is 2.27. The van der Waals surface area contributed by atoms with Crippen molar-refractivity contribution in [1.29, 1.82) is 0 Å². The zero-order valence-corrected chi connectivity index (χ0v) is 25.0. The predicted octanol–water partition coefficient (Wildman–Crippen LogP) is 9.24. The molecule has 6 heteroatoms. The molecule has 0 heterocycles. The number of ether oxygens (including phenoxy) is 3. The number of unbranched alkanes of at least 4 members (excludes halogenated alkanes) is 15. The summed E-state index contributed by atoms with van der Waals surface area (Å²) in [6, 6.07) is 4.64. The second-order valence-electron chi connectivity index (χ2n) is 10.4. The summed E-state index contributed by atoms with van der Waals surface area (Å²) in [5.74, 6) is -1.90. The summed E-state index contributed by atoms with van der Waals surface area (Å²) in [5.41, 5.74) is 0.0651. The van der Waals surface area contributed by atoms with Crippen molar-refractivity contribution >= 4 is 17.9 Å². The fourth-order valence-electron chi connectivity index (χ4n) is 4.48. The van der Waals surface area contributed by atoms with Gasteiger partial charge < -0.3 is 14.2 Å². The Morgan fingerprint density at radius 2 is 0.769 bits per heavy atom. The average molecular weight is 547 g/mol. The maximum atomic E-state index is 13.1. The van der Waals surface area contributed by atoms with Crippen LogP contribution >= 0.6 is 0 Å². The van der Waals surface area contributed by atoms with E-state index in [9.17, 15) is 14.4 Å². The molecular formula is C33H54O6. The molecule has 1 rings (SSSR count). The van der Waals surface area contributed by atoms with Gasteiger partial charge in [0.05, 0.1) is 36.5 Å². The average Bonchev–Trinajstić information content (AvgIpc) is 2.95. The standard InChI is InChI=1S/C33H54O6/c1-4-7-10-13-16-19-25-37-31(34)28-23-22-24-29(32(35)38-26-20-17-14-11-8-5-2)30(28)33(36)39-27-21-18-15-12-9-6-3/h22-24H,4-21,25-27H2,1-3H3. The molecule has 0 aromatic heterocycles. The summed E-state index contributed by atoms with van der Waals surface area (Å²) in [6.07, 6.45) is 19.3. The Labute approximate surface area is 237 Å². The third-order valence-electron chi connectivity index (χ3n) is 6.90. The molecule has 6 nitrogen and oxygen atoms in total. The van der Waals surface area contributed by atoms with Crippen LogP contribution in [0.25, 0.3) is 0 Å². The molecule has 0 spiro atoms. The lowest BCUT2D eigenvalue weighted by atomic mass is 10.0. The summed E-state index contributed by atoms with van der Waals surface area (Å²) in [6.45, 7) is 7.34. The molecule has 0 saturated carbocycles. The molecule has 222 valence electrons. The van der Waals surface area contributed by atoms with Crippen molar-refractivity contribution in [1.82, 2.24) is 0 Å². The Kier molecular flexibility index (Phi) is 20.9. The van der Waals surface area contributed by atoms with Crippen molar-refractivity contribution in [2.45, 2.75) is 136 Å². The lowest BCUT2D eigenvalue weighted by molar-refractivity contribution is 0.0430. The van der Waals surface area contributed by atoms with E-state index >= 15 is 0 Å². The van der Waals surface area contributed by atoms with Crippen LogP contribution in [-0.4, -0.2) is 37.7 Å². The maximum absolute atomic E-state index is 13.1. The molecule has 0 amide bonds. The first-order valence-corrected chi connectivity index (χ1v) is 15.7. The van der Waals surface area contributed by atoms with Gasteiger partial charge in [-0.1, -0.05) is 123 Å². The molecule has 0 saturated heterocycles. The number of rotatable bonds is 24. The molecule has 0 radical (unpaired) electrons. The maximum Gasteiger partial charge on any atom is 0.339 e. The van der Waals surface area contributed by atoms with E-state index < -0.39 is 17.9 Å². The monoisotopic (exact) mass is 546 g/mol. The minimum absolute atomic E-state index is 0.0515. The van der Waals surface area contributed by atoms with E-state index in [4.69, 9.17) is 14.2 Å². The Morgan fingerprint density at radius 1 is 0.462 bits per heavy atom. The van der Waals surface area contributed by atoms with Crippen LogP contribution in [0.2, 0.25) is 0 Å². The van der Waals surface area contributed by atoms with Crippen LogP contribution < -0.4 is 0 Å². The van der Waals surface area contributed by atoms with E-state index in [-0.39, 0.29) is 36.5 Å². The predicted molar refractivity (Wildman–Crippen MR) is 157 cm³/mol. The fraction of sp³-hybridized carbons (Fsp3) is 0.727. The number of hydrogen-bond acceptors (Lipinski definition) is 6. The molecule has 1 aromatic carbocycles. The molecule has 0 aliphatic rings. The molecule has 0 N–H and O–H groups in total. The van der Waals surface area contributed by atoms with Crippen molar-refractivity contribution in [2.75, 3.05) is 19.8 Å². The third kappa shape index (κ3) is 15.7. The summed E-state index contributed by atoms with van der Waals surface area (Å²) >= 11 is 0.